The van der Waals surface area contributed by atoms with E-state index >= 15 is 0 Å². The number of carbonyl (C=O) groups is 1. The molecule has 1 aromatic carbocycles. The van der Waals surface area contributed by atoms with Gasteiger partial charge in [-0.15, -0.1) is 0 Å². The number of benzene rings is 1. The van der Waals surface area contributed by atoms with Crippen molar-refractivity contribution in [1.82, 2.24) is 5.32 Å². The van der Waals surface area contributed by atoms with E-state index in [1.165, 1.54) is 0 Å². The smallest absolute Gasteiger partial charge is 0.147 e. The summed E-state index contributed by atoms with van der Waals surface area (Å²) in [5.74, 6) is 1.02. The number of rotatable bonds is 5. The maximum absolute atomic E-state index is 11.3. The van der Waals surface area contributed by atoms with Crippen molar-refractivity contribution in [2.24, 2.45) is 0 Å². The van der Waals surface area contributed by atoms with E-state index in [9.17, 15) is 4.79 Å². The van der Waals surface area contributed by atoms with Crippen molar-refractivity contribution in [2.75, 3.05) is 7.05 Å². The summed E-state index contributed by atoms with van der Waals surface area (Å²) in [5, 5.41) is 3.02. The largest absolute Gasteiger partial charge is 0.488 e. The molecule has 0 aliphatic carbocycles. The van der Waals surface area contributed by atoms with Crippen molar-refractivity contribution in [1.29, 1.82) is 0 Å². The Labute approximate surface area is 110 Å². The highest BCUT2D eigenvalue weighted by Crippen LogP contribution is 2.19. The molecule has 1 rings (SSSR count). The first-order chi connectivity index (χ1) is 8.31. The molecule has 1 atom stereocenters. The Kier molecular flexibility index (Phi) is 4.91. The van der Waals surface area contributed by atoms with E-state index in [4.69, 9.17) is 4.74 Å². The fourth-order valence-corrected chi connectivity index (χ4v) is 1.73. The lowest BCUT2D eigenvalue weighted by Crippen LogP contribution is -2.34. The molecule has 0 bridgehead atoms. The molecule has 0 saturated carbocycles. The zero-order chi connectivity index (χ0) is 13.8. The van der Waals surface area contributed by atoms with Crippen molar-refractivity contribution in [2.45, 2.75) is 45.8 Å². The Morgan fingerprint density at radius 1 is 1.28 bits per heavy atom. The number of carbonyl (C=O) groups excluding carboxylic acids is 1. The van der Waals surface area contributed by atoms with Crippen LogP contribution in [0, 0.1) is 0 Å². The fraction of sp³-hybridized carbons (Fsp3) is 0.533. The van der Waals surface area contributed by atoms with Crippen LogP contribution >= 0.6 is 0 Å². The summed E-state index contributed by atoms with van der Waals surface area (Å²) < 4.78 is 5.75. The molecule has 1 N–H and O–H groups in total. The zero-order valence-electron chi connectivity index (χ0n) is 11.9. The third-order valence-electron chi connectivity index (χ3n) is 2.63. The molecule has 1 unspecified atom stereocenters. The SMILES string of the molecule is CNC(Cc1ccc(OC(C)(C)C)cc1)C(C)=O. The third-order valence-corrected chi connectivity index (χ3v) is 2.63. The van der Waals surface area contributed by atoms with E-state index in [1.807, 2.05) is 52.1 Å². The standard InChI is InChI=1S/C15H23NO2/c1-11(17)14(16-5)10-12-6-8-13(9-7-12)18-15(2,3)4/h6-9,14,16H,10H2,1-5H3. The van der Waals surface area contributed by atoms with Crippen LogP contribution in [0.3, 0.4) is 0 Å². The lowest BCUT2D eigenvalue weighted by Gasteiger charge is -2.21. The van der Waals surface area contributed by atoms with Crippen LogP contribution in [-0.4, -0.2) is 24.5 Å². The first-order valence-corrected chi connectivity index (χ1v) is 6.27. The summed E-state index contributed by atoms with van der Waals surface area (Å²) in [4.78, 5) is 11.3. The van der Waals surface area contributed by atoms with Crippen molar-refractivity contribution < 1.29 is 9.53 Å². The minimum atomic E-state index is -0.186. The molecule has 1 aromatic rings. The average molecular weight is 249 g/mol. The molecule has 0 radical (unpaired) electrons. The molecule has 18 heavy (non-hydrogen) atoms. The second-order valence-corrected chi connectivity index (χ2v) is 5.51. The van der Waals surface area contributed by atoms with Crippen molar-refractivity contribution in [3.8, 4) is 5.75 Å². The molecule has 0 aliphatic rings. The van der Waals surface area contributed by atoms with Crippen LogP contribution in [0.1, 0.15) is 33.3 Å². The number of likely N-dealkylation sites (N-methyl/N-ethyl adjacent to an activating group) is 1. The maximum Gasteiger partial charge on any atom is 0.147 e. The first-order valence-electron chi connectivity index (χ1n) is 6.27. The Morgan fingerprint density at radius 2 is 1.83 bits per heavy atom. The van der Waals surface area contributed by atoms with Crippen LogP contribution in [0.4, 0.5) is 0 Å². The molecule has 3 heteroatoms. The lowest BCUT2D eigenvalue weighted by atomic mass is 10.0. The highest BCUT2D eigenvalue weighted by molar-refractivity contribution is 5.81. The van der Waals surface area contributed by atoms with Crippen LogP contribution < -0.4 is 10.1 Å². The predicted molar refractivity (Wildman–Crippen MR) is 74.1 cm³/mol. The lowest BCUT2D eigenvalue weighted by molar-refractivity contribution is -0.118. The zero-order valence-corrected chi connectivity index (χ0v) is 11.9. The molecule has 0 saturated heterocycles. The summed E-state index contributed by atoms with van der Waals surface area (Å²) in [6.07, 6.45) is 0.710. The Morgan fingerprint density at radius 3 is 2.22 bits per heavy atom. The molecule has 3 nitrogen and oxygen atoms in total. The highest BCUT2D eigenvalue weighted by Gasteiger charge is 2.13. The molecule has 0 heterocycles. The van der Waals surface area contributed by atoms with Crippen LogP contribution in [0.2, 0.25) is 0 Å². The van der Waals surface area contributed by atoms with Gasteiger partial charge in [0.2, 0.25) is 0 Å². The molecule has 0 amide bonds. The van der Waals surface area contributed by atoms with Crippen molar-refractivity contribution >= 4 is 5.78 Å². The normalized spacial score (nSPS) is 13.2. The third kappa shape index (κ3) is 4.88. The molecule has 100 valence electrons. The van der Waals surface area contributed by atoms with Crippen LogP contribution in [0.5, 0.6) is 5.75 Å². The van der Waals surface area contributed by atoms with Crippen LogP contribution in [0.15, 0.2) is 24.3 Å². The average Bonchev–Trinajstić information content (AvgIpc) is 2.25. The number of nitrogens with one attached hydrogen (secondary N) is 1. The van der Waals surface area contributed by atoms with Gasteiger partial charge in [-0.05, 0) is 58.9 Å². The van der Waals surface area contributed by atoms with E-state index in [0.29, 0.717) is 6.42 Å². The minimum Gasteiger partial charge on any atom is -0.488 e. The van der Waals surface area contributed by atoms with E-state index in [0.717, 1.165) is 11.3 Å². The maximum atomic E-state index is 11.3. The molecular formula is C15H23NO2. The number of hydrogen-bond acceptors (Lipinski definition) is 3. The van der Waals surface area contributed by atoms with E-state index in [1.54, 1.807) is 6.92 Å². The first kappa shape index (κ1) is 14.7. The topological polar surface area (TPSA) is 38.3 Å². The molecule has 0 fully saturated rings. The van der Waals surface area contributed by atoms with Crippen molar-refractivity contribution in [3.05, 3.63) is 29.8 Å². The van der Waals surface area contributed by atoms with Gasteiger partial charge in [0.25, 0.3) is 0 Å². The van der Waals surface area contributed by atoms with Gasteiger partial charge in [-0.25, -0.2) is 0 Å². The Hall–Kier alpha value is -1.35. The van der Waals surface area contributed by atoms with Gasteiger partial charge in [0.1, 0.15) is 17.1 Å². The number of Topliss-reactive ketones (excluding diaryl/α,β-unsaturated/α-hetero) is 1. The number of ether oxygens (including phenoxy) is 1. The van der Waals surface area contributed by atoms with Crippen LogP contribution in [-0.2, 0) is 11.2 Å². The fourth-order valence-electron chi connectivity index (χ4n) is 1.73. The highest BCUT2D eigenvalue weighted by atomic mass is 16.5. The van der Waals surface area contributed by atoms with Gasteiger partial charge in [-0.2, -0.15) is 0 Å². The Balaban J connectivity index is 2.68. The van der Waals surface area contributed by atoms with Gasteiger partial charge in [-0.1, -0.05) is 12.1 Å². The Bertz CT molecular complexity index is 390. The number of hydrogen-bond donors (Lipinski definition) is 1. The van der Waals surface area contributed by atoms with Gasteiger partial charge in [0.05, 0.1) is 6.04 Å². The molecule has 0 spiro atoms. The summed E-state index contributed by atoms with van der Waals surface area (Å²) in [6, 6.07) is 7.81. The predicted octanol–water partition coefficient (Wildman–Crippen LogP) is 2.58. The second kappa shape index (κ2) is 6.01. The van der Waals surface area contributed by atoms with Gasteiger partial charge in [-0.3, -0.25) is 4.79 Å². The van der Waals surface area contributed by atoms with Gasteiger partial charge in [0.15, 0.2) is 0 Å². The summed E-state index contributed by atoms with van der Waals surface area (Å²) in [5.41, 5.74) is 0.944. The summed E-state index contributed by atoms with van der Waals surface area (Å²) in [6.45, 7) is 7.67. The molecular weight excluding hydrogens is 226 g/mol. The summed E-state index contributed by atoms with van der Waals surface area (Å²) in [7, 11) is 1.81. The number of ketones is 1. The molecule has 0 aliphatic heterocycles. The monoisotopic (exact) mass is 249 g/mol. The quantitative estimate of drug-likeness (QED) is 0.871. The molecule has 0 aromatic heterocycles. The minimum absolute atomic E-state index is 0.112. The van der Waals surface area contributed by atoms with E-state index in [-0.39, 0.29) is 17.4 Å². The second-order valence-electron chi connectivity index (χ2n) is 5.51. The summed E-state index contributed by atoms with van der Waals surface area (Å²) >= 11 is 0. The van der Waals surface area contributed by atoms with Gasteiger partial charge >= 0.3 is 0 Å². The van der Waals surface area contributed by atoms with Gasteiger partial charge < -0.3 is 10.1 Å². The van der Waals surface area contributed by atoms with Gasteiger partial charge in [0, 0.05) is 0 Å². The van der Waals surface area contributed by atoms with E-state index < -0.39 is 0 Å². The van der Waals surface area contributed by atoms with Crippen LogP contribution in [0.25, 0.3) is 0 Å². The van der Waals surface area contributed by atoms with Crippen molar-refractivity contribution in [3.63, 3.8) is 0 Å². The van der Waals surface area contributed by atoms with E-state index in [2.05, 4.69) is 5.32 Å².